The molecule has 1 unspecified atom stereocenters. The van der Waals surface area contributed by atoms with E-state index < -0.39 is 0 Å². The lowest BCUT2D eigenvalue weighted by Gasteiger charge is -2.07. The van der Waals surface area contributed by atoms with Crippen LogP contribution in [-0.4, -0.2) is 18.3 Å². The molecule has 1 atom stereocenters. The third kappa shape index (κ3) is 10.3. The molecular weight excluding hydrogens is 154 g/mol. The molecule has 11 heavy (non-hydrogen) atoms. The van der Waals surface area contributed by atoms with Crippen LogP contribution in [0.2, 0.25) is 0 Å². The molecule has 0 aromatic carbocycles. The Kier molecular flexibility index (Phi) is 7.18. The Hall–Kier alpha value is 0.310. The summed E-state index contributed by atoms with van der Waals surface area (Å²) >= 11 is 4.28. The molecule has 0 saturated carbocycles. The Labute approximate surface area is 76.4 Å². The van der Waals surface area contributed by atoms with Gasteiger partial charge in [0, 0.05) is 11.8 Å². The first-order chi connectivity index (χ1) is 5.13. The van der Waals surface area contributed by atoms with Crippen molar-refractivity contribution in [3.05, 3.63) is 0 Å². The molecular formula is C9H21NS. The molecule has 0 spiro atoms. The number of rotatable bonds is 6. The van der Waals surface area contributed by atoms with E-state index in [2.05, 4.69) is 38.7 Å². The van der Waals surface area contributed by atoms with Crippen LogP contribution in [0.15, 0.2) is 0 Å². The minimum absolute atomic E-state index is 0.481. The maximum absolute atomic E-state index is 4.28. The monoisotopic (exact) mass is 175 g/mol. The summed E-state index contributed by atoms with van der Waals surface area (Å²) in [4.78, 5) is 0. The van der Waals surface area contributed by atoms with Gasteiger partial charge >= 0.3 is 0 Å². The molecule has 68 valence electrons. The molecule has 0 heterocycles. The van der Waals surface area contributed by atoms with Crippen molar-refractivity contribution in [1.29, 1.82) is 0 Å². The molecule has 0 bridgehead atoms. The summed E-state index contributed by atoms with van der Waals surface area (Å²) in [5, 5.41) is 3.84. The summed E-state index contributed by atoms with van der Waals surface area (Å²) in [7, 11) is 0. The van der Waals surface area contributed by atoms with E-state index in [1.165, 1.54) is 12.8 Å². The van der Waals surface area contributed by atoms with Crippen molar-refractivity contribution in [2.45, 2.75) is 38.9 Å². The first-order valence-electron chi connectivity index (χ1n) is 4.51. The van der Waals surface area contributed by atoms with Crippen molar-refractivity contribution >= 4 is 12.6 Å². The van der Waals surface area contributed by atoms with Crippen LogP contribution in [0.5, 0.6) is 0 Å². The fourth-order valence-electron chi connectivity index (χ4n) is 0.946. The lowest BCUT2D eigenvalue weighted by Crippen LogP contribution is -2.22. The van der Waals surface area contributed by atoms with Crippen LogP contribution in [0, 0.1) is 5.92 Å². The van der Waals surface area contributed by atoms with Crippen molar-refractivity contribution in [2.24, 2.45) is 5.92 Å². The molecule has 2 heteroatoms. The number of nitrogens with one attached hydrogen (secondary N) is 1. The maximum Gasteiger partial charge on any atom is 0.0113 e. The number of thiol groups is 1. The second-order valence-electron chi connectivity index (χ2n) is 3.59. The Bertz CT molecular complexity index is 71.6. The largest absolute Gasteiger partial charge is 0.316 e. The predicted molar refractivity (Wildman–Crippen MR) is 55.4 cm³/mol. The highest BCUT2D eigenvalue weighted by molar-refractivity contribution is 7.80. The summed E-state index contributed by atoms with van der Waals surface area (Å²) in [6.45, 7) is 8.81. The lowest BCUT2D eigenvalue weighted by atomic mass is 10.1. The zero-order valence-corrected chi connectivity index (χ0v) is 8.82. The van der Waals surface area contributed by atoms with Crippen LogP contribution in [0.1, 0.15) is 33.6 Å². The minimum Gasteiger partial charge on any atom is -0.316 e. The zero-order chi connectivity index (χ0) is 8.69. The number of hydrogen-bond acceptors (Lipinski definition) is 2. The Morgan fingerprint density at radius 2 is 1.91 bits per heavy atom. The van der Waals surface area contributed by atoms with Crippen LogP contribution in [0.4, 0.5) is 0 Å². The Balaban J connectivity index is 2.91. The van der Waals surface area contributed by atoms with Crippen LogP contribution in [0.3, 0.4) is 0 Å². The summed E-state index contributed by atoms with van der Waals surface area (Å²) in [6.07, 6.45) is 2.62. The van der Waals surface area contributed by atoms with E-state index in [1.807, 2.05) is 0 Å². The average molecular weight is 175 g/mol. The second kappa shape index (κ2) is 6.99. The van der Waals surface area contributed by atoms with Crippen molar-refractivity contribution in [2.75, 3.05) is 13.1 Å². The van der Waals surface area contributed by atoms with E-state index in [-0.39, 0.29) is 0 Å². The van der Waals surface area contributed by atoms with Crippen LogP contribution >= 0.6 is 12.6 Å². The van der Waals surface area contributed by atoms with Crippen LogP contribution in [-0.2, 0) is 0 Å². The van der Waals surface area contributed by atoms with Gasteiger partial charge < -0.3 is 5.32 Å². The highest BCUT2D eigenvalue weighted by Gasteiger charge is 1.95. The van der Waals surface area contributed by atoms with E-state index in [0.717, 1.165) is 19.0 Å². The van der Waals surface area contributed by atoms with Crippen molar-refractivity contribution < 1.29 is 0 Å². The molecule has 0 aromatic heterocycles. The molecule has 1 nitrogen and oxygen atoms in total. The van der Waals surface area contributed by atoms with Gasteiger partial charge in [-0.3, -0.25) is 0 Å². The topological polar surface area (TPSA) is 12.0 Å². The van der Waals surface area contributed by atoms with Gasteiger partial charge in [-0.1, -0.05) is 20.8 Å². The van der Waals surface area contributed by atoms with E-state index in [1.54, 1.807) is 0 Å². The van der Waals surface area contributed by atoms with Crippen LogP contribution < -0.4 is 5.32 Å². The molecule has 0 rings (SSSR count). The molecule has 0 fully saturated rings. The molecule has 0 amide bonds. The molecule has 0 saturated heterocycles. The quantitative estimate of drug-likeness (QED) is 0.466. The highest BCUT2D eigenvalue weighted by atomic mass is 32.1. The normalized spacial score (nSPS) is 13.9. The van der Waals surface area contributed by atoms with E-state index in [9.17, 15) is 0 Å². The van der Waals surface area contributed by atoms with Gasteiger partial charge in [0.25, 0.3) is 0 Å². The van der Waals surface area contributed by atoms with Crippen molar-refractivity contribution in [1.82, 2.24) is 5.32 Å². The smallest absolute Gasteiger partial charge is 0.0113 e. The van der Waals surface area contributed by atoms with Gasteiger partial charge in [-0.05, 0) is 25.3 Å². The molecule has 0 aromatic rings. The van der Waals surface area contributed by atoms with E-state index in [0.29, 0.717) is 5.25 Å². The van der Waals surface area contributed by atoms with Gasteiger partial charge in [-0.15, -0.1) is 0 Å². The summed E-state index contributed by atoms with van der Waals surface area (Å²) < 4.78 is 0. The van der Waals surface area contributed by atoms with Gasteiger partial charge in [-0.25, -0.2) is 0 Å². The van der Waals surface area contributed by atoms with E-state index >= 15 is 0 Å². The fraction of sp³-hybridized carbons (Fsp3) is 1.00. The fourth-order valence-corrected chi connectivity index (χ4v) is 1.08. The number of hydrogen-bond donors (Lipinski definition) is 2. The van der Waals surface area contributed by atoms with Crippen molar-refractivity contribution in [3.8, 4) is 0 Å². The average Bonchev–Trinajstić information content (AvgIpc) is 1.85. The lowest BCUT2D eigenvalue weighted by molar-refractivity contribution is 0.529. The highest BCUT2D eigenvalue weighted by Crippen LogP contribution is 2.01. The molecule has 0 aliphatic carbocycles. The molecule has 0 aliphatic rings. The molecule has 0 aliphatic heterocycles. The van der Waals surface area contributed by atoms with Gasteiger partial charge in [0.2, 0.25) is 0 Å². The van der Waals surface area contributed by atoms with E-state index in [4.69, 9.17) is 0 Å². The zero-order valence-electron chi connectivity index (χ0n) is 7.93. The third-order valence-corrected chi connectivity index (χ3v) is 1.76. The molecule has 1 N–H and O–H groups in total. The first kappa shape index (κ1) is 11.3. The molecule has 0 radical (unpaired) electrons. The summed E-state index contributed by atoms with van der Waals surface area (Å²) in [5.41, 5.74) is 0. The standard InChI is InChI=1S/C9H21NS/c1-8(2)5-4-6-10-7-9(3)11/h8-11H,4-7H2,1-3H3. The Morgan fingerprint density at radius 1 is 1.27 bits per heavy atom. The maximum atomic E-state index is 4.28. The van der Waals surface area contributed by atoms with Crippen LogP contribution in [0.25, 0.3) is 0 Å². The van der Waals surface area contributed by atoms with Gasteiger partial charge in [-0.2, -0.15) is 12.6 Å². The predicted octanol–water partition coefficient (Wildman–Crippen LogP) is 2.33. The Morgan fingerprint density at radius 3 is 2.36 bits per heavy atom. The van der Waals surface area contributed by atoms with Gasteiger partial charge in [0.15, 0.2) is 0 Å². The summed E-state index contributed by atoms with van der Waals surface area (Å²) in [5.74, 6) is 0.838. The third-order valence-electron chi connectivity index (χ3n) is 1.57. The minimum atomic E-state index is 0.481. The SMILES string of the molecule is CC(C)CCCNCC(C)S. The summed E-state index contributed by atoms with van der Waals surface area (Å²) in [6, 6.07) is 0. The van der Waals surface area contributed by atoms with Gasteiger partial charge in [0.1, 0.15) is 0 Å². The van der Waals surface area contributed by atoms with Gasteiger partial charge in [0.05, 0.1) is 0 Å². The first-order valence-corrected chi connectivity index (χ1v) is 5.03. The van der Waals surface area contributed by atoms with Crippen molar-refractivity contribution in [3.63, 3.8) is 0 Å². The second-order valence-corrected chi connectivity index (χ2v) is 4.47.